The van der Waals surface area contributed by atoms with E-state index in [9.17, 15) is 10.2 Å². The van der Waals surface area contributed by atoms with Gasteiger partial charge >= 0.3 is 11.9 Å². The average Bonchev–Trinajstić information content (AvgIpc) is 2.50. The molecule has 0 saturated heterocycles. The Hall–Kier alpha value is -2.83. The third-order valence-corrected chi connectivity index (χ3v) is 2.55. The molecule has 0 aliphatic heterocycles. The summed E-state index contributed by atoms with van der Waals surface area (Å²) in [4.78, 5) is 18.2. The van der Waals surface area contributed by atoms with Crippen LogP contribution in [0.3, 0.4) is 0 Å². The molecule has 1 aromatic rings. The summed E-state index contributed by atoms with van der Waals surface area (Å²) in [6, 6.07) is 6.26. The van der Waals surface area contributed by atoms with Crippen molar-refractivity contribution in [2.24, 2.45) is 0 Å². The van der Waals surface area contributed by atoms with Gasteiger partial charge in [0.05, 0.1) is 12.2 Å². The number of nitrogens with one attached hydrogen (secondary N) is 1. The van der Waals surface area contributed by atoms with Crippen molar-refractivity contribution in [3.63, 3.8) is 0 Å². The molecule has 0 aromatic heterocycles. The van der Waals surface area contributed by atoms with Gasteiger partial charge in [0.1, 0.15) is 0 Å². The lowest BCUT2D eigenvalue weighted by Gasteiger charge is -2.12. The first kappa shape index (κ1) is 20.2. The van der Waals surface area contributed by atoms with Crippen molar-refractivity contribution in [1.29, 1.82) is 5.26 Å². The largest absolute Gasteiger partial charge is 0.504 e. The van der Waals surface area contributed by atoms with Crippen LogP contribution in [0, 0.1) is 11.3 Å². The maximum Gasteiger partial charge on any atom is 0.414 e. The maximum atomic E-state index is 9.77. The number of aromatic hydroxyl groups is 2. The number of unbranched alkanes of at least 4 members (excludes halogenated alkanes) is 1. The third kappa shape index (κ3) is 8.92. The van der Waals surface area contributed by atoms with E-state index in [0.29, 0.717) is 25.1 Å². The van der Waals surface area contributed by atoms with Crippen LogP contribution in [-0.2, 0) is 9.59 Å². The molecule has 1 aromatic carbocycles. The van der Waals surface area contributed by atoms with E-state index in [4.69, 9.17) is 30.2 Å². The highest BCUT2D eigenvalue weighted by Crippen LogP contribution is 2.27. The Bertz CT molecular complexity index is 557. The molecule has 0 saturated carbocycles. The van der Waals surface area contributed by atoms with Crippen LogP contribution in [0.25, 0.3) is 0 Å². The third-order valence-electron chi connectivity index (χ3n) is 2.55. The van der Waals surface area contributed by atoms with Crippen LogP contribution < -0.4 is 5.32 Å². The molecule has 0 radical (unpaired) electrons. The molecular weight excluding hydrogens is 308 g/mol. The van der Waals surface area contributed by atoms with E-state index in [1.807, 2.05) is 6.07 Å². The molecule has 0 aliphatic carbocycles. The molecular formula is C14H18N2O7. The van der Waals surface area contributed by atoms with Gasteiger partial charge in [-0.15, -0.1) is 0 Å². The summed E-state index contributed by atoms with van der Waals surface area (Å²) >= 11 is 0. The number of rotatable bonds is 6. The molecule has 0 bridgehead atoms. The monoisotopic (exact) mass is 326 g/mol. The Balaban J connectivity index is 0.000000688. The molecule has 0 heterocycles. The molecule has 9 heteroatoms. The van der Waals surface area contributed by atoms with Gasteiger partial charge in [0.15, 0.2) is 11.5 Å². The first-order valence-electron chi connectivity index (χ1n) is 6.53. The van der Waals surface area contributed by atoms with E-state index < -0.39 is 18.0 Å². The van der Waals surface area contributed by atoms with Crippen LogP contribution >= 0.6 is 0 Å². The number of carboxylic acids is 2. The number of aliphatic carboxylic acids is 2. The van der Waals surface area contributed by atoms with E-state index in [2.05, 4.69) is 5.32 Å². The van der Waals surface area contributed by atoms with Gasteiger partial charge in [0.25, 0.3) is 0 Å². The number of hydrogen-bond acceptors (Lipinski definition) is 7. The summed E-state index contributed by atoms with van der Waals surface area (Å²) in [5, 5.41) is 54.3. The summed E-state index contributed by atoms with van der Waals surface area (Å²) < 4.78 is 0. The van der Waals surface area contributed by atoms with Crippen LogP contribution in [0.2, 0.25) is 0 Å². The predicted molar refractivity (Wildman–Crippen MR) is 77.7 cm³/mol. The number of nitrogens with zero attached hydrogens (tertiary/aromatic N) is 1. The Morgan fingerprint density at radius 1 is 1.17 bits per heavy atom. The quantitative estimate of drug-likeness (QED) is 0.242. The second-order valence-corrected chi connectivity index (χ2v) is 4.34. The molecule has 0 aliphatic rings. The van der Waals surface area contributed by atoms with Crippen LogP contribution in [0.4, 0.5) is 0 Å². The number of aliphatic hydroxyl groups is 1. The average molecular weight is 326 g/mol. The van der Waals surface area contributed by atoms with E-state index in [0.717, 1.165) is 6.42 Å². The lowest BCUT2D eigenvalue weighted by atomic mass is 10.1. The van der Waals surface area contributed by atoms with E-state index >= 15 is 0 Å². The molecule has 1 rings (SSSR count). The summed E-state index contributed by atoms with van der Waals surface area (Å²) in [6.45, 7) is 1.00. The summed E-state index contributed by atoms with van der Waals surface area (Å²) in [6.07, 6.45) is 0.483. The van der Waals surface area contributed by atoms with Crippen molar-refractivity contribution in [3.8, 4) is 17.6 Å². The molecule has 0 spiro atoms. The molecule has 6 N–H and O–H groups in total. The Morgan fingerprint density at radius 2 is 1.78 bits per heavy atom. The van der Waals surface area contributed by atoms with Crippen molar-refractivity contribution in [1.82, 2.24) is 5.32 Å². The zero-order valence-electron chi connectivity index (χ0n) is 12.1. The van der Waals surface area contributed by atoms with E-state index in [1.165, 1.54) is 12.1 Å². The van der Waals surface area contributed by atoms with Crippen LogP contribution in [0.15, 0.2) is 18.2 Å². The zero-order chi connectivity index (χ0) is 17.8. The number of phenolic OH excluding ortho intramolecular Hbond substituents is 2. The van der Waals surface area contributed by atoms with Gasteiger partial charge in [-0.3, -0.25) is 0 Å². The fourth-order valence-electron chi connectivity index (χ4n) is 1.40. The lowest BCUT2D eigenvalue weighted by Crippen LogP contribution is -2.22. The number of hydrogen-bond donors (Lipinski definition) is 6. The van der Waals surface area contributed by atoms with Gasteiger partial charge < -0.3 is 30.8 Å². The van der Waals surface area contributed by atoms with Gasteiger partial charge in [0, 0.05) is 13.0 Å². The van der Waals surface area contributed by atoms with Crippen molar-refractivity contribution in [2.75, 3.05) is 13.1 Å². The van der Waals surface area contributed by atoms with Crippen molar-refractivity contribution >= 4 is 11.9 Å². The van der Waals surface area contributed by atoms with Crippen LogP contribution in [0.5, 0.6) is 11.5 Å². The van der Waals surface area contributed by atoms with Crippen molar-refractivity contribution in [3.05, 3.63) is 23.8 Å². The van der Waals surface area contributed by atoms with Gasteiger partial charge in [0.2, 0.25) is 0 Å². The number of carbonyl (C=O) groups is 2. The minimum absolute atomic E-state index is 0.206. The summed E-state index contributed by atoms with van der Waals surface area (Å²) in [5.74, 6) is -4.10. The minimum atomic E-state index is -1.82. The molecule has 1 unspecified atom stereocenters. The standard InChI is InChI=1S/C12H16N2O3.C2H2O4/c13-5-1-2-6-14-8-12(17)9-3-4-10(15)11(16)7-9;3-1(4)2(5)6/h3-4,7,12,14-17H,1-2,6,8H2;(H,3,4)(H,5,6). The topological polar surface area (TPSA) is 171 Å². The Kier molecular flexibility index (Phi) is 9.50. The fraction of sp³-hybridized carbons (Fsp3) is 0.357. The summed E-state index contributed by atoms with van der Waals surface area (Å²) in [7, 11) is 0. The highest BCUT2D eigenvalue weighted by Gasteiger charge is 2.09. The van der Waals surface area contributed by atoms with Crippen molar-refractivity contribution < 1.29 is 35.1 Å². The molecule has 126 valence electrons. The predicted octanol–water partition coefficient (Wildman–Crippen LogP) is 0.180. The van der Waals surface area contributed by atoms with Gasteiger partial charge in [-0.2, -0.15) is 5.26 Å². The highest BCUT2D eigenvalue weighted by molar-refractivity contribution is 6.27. The first-order valence-corrected chi connectivity index (χ1v) is 6.53. The normalized spacial score (nSPS) is 10.8. The lowest BCUT2D eigenvalue weighted by molar-refractivity contribution is -0.159. The Labute approximate surface area is 132 Å². The first-order chi connectivity index (χ1) is 10.8. The van der Waals surface area contributed by atoms with Crippen LogP contribution in [-0.4, -0.2) is 50.6 Å². The zero-order valence-corrected chi connectivity index (χ0v) is 12.1. The number of phenols is 2. The summed E-state index contributed by atoms with van der Waals surface area (Å²) in [5.41, 5.74) is 0.535. The molecule has 0 amide bonds. The van der Waals surface area contributed by atoms with Crippen LogP contribution in [0.1, 0.15) is 24.5 Å². The van der Waals surface area contributed by atoms with Gasteiger partial charge in [-0.1, -0.05) is 6.07 Å². The Morgan fingerprint density at radius 3 is 2.26 bits per heavy atom. The smallest absolute Gasteiger partial charge is 0.414 e. The number of benzene rings is 1. The second kappa shape index (κ2) is 10.8. The molecule has 0 fully saturated rings. The molecule has 1 atom stereocenters. The fourth-order valence-corrected chi connectivity index (χ4v) is 1.40. The highest BCUT2D eigenvalue weighted by atomic mass is 16.4. The molecule has 9 nitrogen and oxygen atoms in total. The van der Waals surface area contributed by atoms with E-state index in [-0.39, 0.29) is 11.5 Å². The number of nitriles is 1. The minimum Gasteiger partial charge on any atom is -0.504 e. The maximum absolute atomic E-state index is 9.77. The number of carboxylic acid groups (broad SMARTS) is 2. The van der Waals surface area contributed by atoms with E-state index in [1.54, 1.807) is 6.07 Å². The van der Waals surface area contributed by atoms with Gasteiger partial charge in [-0.25, -0.2) is 9.59 Å². The SMILES string of the molecule is N#CCCCNCC(O)c1ccc(O)c(O)c1.O=C(O)C(=O)O. The second-order valence-electron chi connectivity index (χ2n) is 4.34. The molecule has 23 heavy (non-hydrogen) atoms. The van der Waals surface area contributed by atoms with Gasteiger partial charge in [-0.05, 0) is 30.7 Å². The number of aliphatic hydroxyl groups excluding tert-OH is 1. The van der Waals surface area contributed by atoms with Crippen molar-refractivity contribution in [2.45, 2.75) is 18.9 Å².